The van der Waals surface area contributed by atoms with E-state index in [1.165, 1.54) is 6.42 Å². The molecule has 0 saturated carbocycles. The van der Waals surface area contributed by atoms with Crippen LogP contribution in [0.2, 0.25) is 0 Å². The molecule has 5 heteroatoms. The molecule has 1 aliphatic rings. The third-order valence-electron chi connectivity index (χ3n) is 3.46. The SMILES string of the molecule is CC1CCCN(C(=O)c2ccnc(NN)c2)CC1. The zero-order valence-electron chi connectivity index (χ0n) is 10.7. The van der Waals surface area contributed by atoms with Crippen molar-refractivity contribution in [3.63, 3.8) is 0 Å². The molecule has 0 aromatic carbocycles. The third kappa shape index (κ3) is 2.98. The van der Waals surface area contributed by atoms with Gasteiger partial charge in [0.2, 0.25) is 0 Å². The van der Waals surface area contributed by atoms with Crippen LogP contribution < -0.4 is 11.3 Å². The molecule has 0 aliphatic carbocycles. The van der Waals surface area contributed by atoms with Crippen molar-refractivity contribution < 1.29 is 4.79 Å². The number of hydrazine groups is 1. The Morgan fingerprint density at radius 3 is 3.11 bits per heavy atom. The molecule has 1 aromatic rings. The molecular weight excluding hydrogens is 228 g/mol. The Bertz CT molecular complexity index is 421. The molecule has 1 amide bonds. The number of rotatable bonds is 2. The fraction of sp³-hybridized carbons (Fsp3) is 0.538. The Morgan fingerprint density at radius 1 is 1.50 bits per heavy atom. The summed E-state index contributed by atoms with van der Waals surface area (Å²) < 4.78 is 0. The van der Waals surface area contributed by atoms with Gasteiger partial charge < -0.3 is 10.3 Å². The molecule has 1 atom stereocenters. The zero-order chi connectivity index (χ0) is 13.0. The number of nitrogens with two attached hydrogens (primary N) is 1. The fourth-order valence-corrected chi connectivity index (χ4v) is 2.29. The van der Waals surface area contributed by atoms with Crippen LogP contribution in [0, 0.1) is 5.92 Å². The van der Waals surface area contributed by atoms with E-state index in [-0.39, 0.29) is 5.91 Å². The Labute approximate surface area is 107 Å². The maximum atomic E-state index is 12.4. The molecule has 2 heterocycles. The number of amides is 1. The van der Waals surface area contributed by atoms with Gasteiger partial charge in [-0.25, -0.2) is 10.8 Å². The van der Waals surface area contributed by atoms with E-state index >= 15 is 0 Å². The molecule has 3 N–H and O–H groups in total. The van der Waals surface area contributed by atoms with E-state index in [1.807, 2.05) is 4.90 Å². The number of likely N-dealkylation sites (tertiary alicyclic amines) is 1. The number of pyridine rings is 1. The number of carbonyl (C=O) groups is 1. The smallest absolute Gasteiger partial charge is 0.254 e. The van der Waals surface area contributed by atoms with Crippen molar-refractivity contribution in [3.05, 3.63) is 23.9 Å². The van der Waals surface area contributed by atoms with Gasteiger partial charge in [-0.2, -0.15) is 0 Å². The van der Waals surface area contributed by atoms with Crippen LogP contribution in [0.25, 0.3) is 0 Å². The highest BCUT2D eigenvalue weighted by molar-refractivity contribution is 5.94. The van der Waals surface area contributed by atoms with Gasteiger partial charge in [-0.15, -0.1) is 0 Å². The van der Waals surface area contributed by atoms with Crippen molar-refractivity contribution in [2.45, 2.75) is 26.2 Å². The van der Waals surface area contributed by atoms with Crippen molar-refractivity contribution in [2.24, 2.45) is 11.8 Å². The molecule has 1 aliphatic heterocycles. The number of aromatic nitrogens is 1. The standard InChI is InChI=1S/C13H20N4O/c1-10-3-2-7-17(8-5-10)13(18)11-4-6-15-12(9-11)16-14/h4,6,9-10H,2-3,5,7-8,14H2,1H3,(H,15,16). The van der Waals surface area contributed by atoms with Gasteiger partial charge >= 0.3 is 0 Å². The molecule has 5 nitrogen and oxygen atoms in total. The largest absolute Gasteiger partial charge is 0.339 e. The molecule has 0 radical (unpaired) electrons. The fourth-order valence-electron chi connectivity index (χ4n) is 2.29. The summed E-state index contributed by atoms with van der Waals surface area (Å²) in [6.45, 7) is 3.93. The Balaban J connectivity index is 2.09. The monoisotopic (exact) mass is 248 g/mol. The van der Waals surface area contributed by atoms with E-state index < -0.39 is 0 Å². The predicted octanol–water partition coefficient (Wildman–Crippen LogP) is 1.63. The van der Waals surface area contributed by atoms with Gasteiger partial charge in [0.25, 0.3) is 5.91 Å². The second kappa shape index (κ2) is 5.82. The van der Waals surface area contributed by atoms with E-state index in [9.17, 15) is 4.79 Å². The van der Waals surface area contributed by atoms with E-state index in [1.54, 1.807) is 18.3 Å². The summed E-state index contributed by atoms with van der Waals surface area (Å²) in [5.74, 6) is 6.60. The first-order chi connectivity index (χ1) is 8.70. The van der Waals surface area contributed by atoms with Crippen LogP contribution in [-0.2, 0) is 0 Å². The summed E-state index contributed by atoms with van der Waals surface area (Å²) in [6, 6.07) is 3.42. The lowest BCUT2D eigenvalue weighted by Gasteiger charge is -2.20. The van der Waals surface area contributed by atoms with Crippen LogP contribution in [0.3, 0.4) is 0 Å². The summed E-state index contributed by atoms with van der Waals surface area (Å²) >= 11 is 0. The molecular formula is C13H20N4O. The molecule has 0 spiro atoms. The summed E-state index contributed by atoms with van der Waals surface area (Å²) in [7, 11) is 0. The van der Waals surface area contributed by atoms with Crippen LogP contribution in [0.5, 0.6) is 0 Å². The van der Waals surface area contributed by atoms with Gasteiger partial charge in [0.1, 0.15) is 5.82 Å². The maximum absolute atomic E-state index is 12.4. The lowest BCUT2D eigenvalue weighted by Crippen LogP contribution is -2.32. The lowest BCUT2D eigenvalue weighted by atomic mass is 10.0. The normalized spacial score (nSPS) is 20.3. The van der Waals surface area contributed by atoms with E-state index in [0.29, 0.717) is 17.3 Å². The van der Waals surface area contributed by atoms with Crippen molar-refractivity contribution in [1.82, 2.24) is 9.88 Å². The second-order valence-corrected chi connectivity index (χ2v) is 4.90. The first-order valence-electron chi connectivity index (χ1n) is 6.42. The van der Waals surface area contributed by atoms with E-state index in [0.717, 1.165) is 25.9 Å². The minimum absolute atomic E-state index is 0.0722. The summed E-state index contributed by atoms with van der Waals surface area (Å²) in [6.07, 6.45) is 4.97. The first-order valence-corrected chi connectivity index (χ1v) is 6.42. The Hall–Kier alpha value is -1.62. The molecule has 18 heavy (non-hydrogen) atoms. The van der Waals surface area contributed by atoms with E-state index in [2.05, 4.69) is 17.3 Å². The van der Waals surface area contributed by atoms with Gasteiger partial charge in [0, 0.05) is 24.8 Å². The van der Waals surface area contributed by atoms with Gasteiger partial charge in [-0.1, -0.05) is 6.92 Å². The number of carbonyl (C=O) groups excluding carboxylic acids is 1. The average Bonchev–Trinajstić information content (AvgIpc) is 2.63. The zero-order valence-corrected chi connectivity index (χ0v) is 10.7. The summed E-state index contributed by atoms with van der Waals surface area (Å²) in [5, 5.41) is 0. The number of nitrogens with one attached hydrogen (secondary N) is 1. The van der Waals surface area contributed by atoms with Crippen molar-refractivity contribution >= 4 is 11.7 Å². The quantitative estimate of drug-likeness (QED) is 0.616. The number of hydrogen-bond donors (Lipinski definition) is 2. The van der Waals surface area contributed by atoms with Gasteiger partial charge in [0.15, 0.2) is 0 Å². The van der Waals surface area contributed by atoms with Crippen molar-refractivity contribution in [1.29, 1.82) is 0 Å². The van der Waals surface area contributed by atoms with Crippen LogP contribution in [0.15, 0.2) is 18.3 Å². The minimum atomic E-state index is 0.0722. The average molecular weight is 248 g/mol. The van der Waals surface area contributed by atoms with Crippen LogP contribution in [0.4, 0.5) is 5.82 Å². The topological polar surface area (TPSA) is 71.2 Å². The molecule has 98 valence electrons. The van der Waals surface area contributed by atoms with E-state index in [4.69, 9.17) is 5.84 Å². The highest BCUT2D eigenvalue weighted by atomic mass is 16.2. The number of anilines is 1. The molecule has 1 fully saturated rings. The predicted molar refractivity (Wildman–Crippen MR) is 71.0 cm³/mol. The molecule has 2 rings (SSSR count). The molecule has 1 aromatic heterocycles. The lowest BCUT2D eigenvalue weighted by molar-refractivity contribution is 0.0760. The summed E-state index contributed by atoms with van der Waals surface area (Å²) in [5.41, 5.74) is 3.11. The number of nitrogens with zero attached hydrogens (tertiary/aromatic N) is 2. The highest BCUT2D eigenvalue weighted by Crippen LogP contribution is 2.18. The highest BCUT2D eigenvalue weighted by Gasteiger charge is 2.19. The van der Waals surface area contributed by atoms with Crippen molar-refractivity contribution in [3.8, 4) is 0 Å². The Morgan fingerprint density at radius 2 is 2.33 bits per heavy atom. The molecule has 0 bridgehead atoms. The summed E-state index contributed by atoms with van der Waals surface area (Å²) in [4.78, 5) is 18.3. The van der Waals surface area contributed by atoms with Gasteiger partial charge in [-0.05, 0) is 37.3 Å². The third-order valence-corrected chi connectivity index (χ3v) is 3.46. The molecule has 1 unspecified atom stereocenters. The van der Waals surface area contributed by atoms with Gasteiger partial charge in [0.05, 0.1) is 0 Å². The van der Waals surface area contributed by atoms with Crippen LogP contribution >= 0.6 is 0 Å². The molecule has 1 saturated heterocycles. The Kier molecular flexibility index (Phi) is 4.15. The maximum Gasteiger partial charge on any atom is 0.254 e. The van der Waals surface area contributed by atoms with Crippen LogP contribution in [0.1, 0.15) is 36.5 Å². The first kappa shape index (κ1) is 12.8. The number of hydrogen-bond acceptors (Lipinski definition) is 4. The van der Waals surface area contributed by atoms with Crippen molar-refractivity contribution in [2.75, 3.05) is 18.5 Å². The van der Waals surface area contributed by atoms with Crippen LogP contribution in [-0.4, -0.2) is 28.9 Å². The minimum Gasteiger partial charge on any atom is -0.339 e. The second-order valence-electron chi connectivity index (χ2n) is 4.90. The number of nitrogen functional groups attached to an aromatic ring is 1. The van der Waals surface area contributed by atoms with Gasteiger partial charge in [-0.3, -0.25) is 4.79 Å².